The minimum absolute atomic E-state index is 0.668. The summed E-state index contributed by atoms with van der Waals surface area (Å²) in [5, 5.41) is 1.45. The van der Waals surface area contributed by atoms with Gasteiger partial charge in [-0.15, -0.1) is 0 Å². The quantitative estimate of drug-likeness (QED) is 0.542. The number of benzene rings is 2. The Morgan fingerprint density at radius 1 is 0.826 bits per heavy atom. The molecule has 2 aromatic carbocycles. The average molecular weight is 320 g/mol. The van der Waals surface area contributed by atoms with E-state index >= 15 is 0 Å². The Bertz CT molecular complexity index is 803. The van der Waals surface area contributed by atoms with E-state index in [2.05, 4.69) is 9.75 Å². The summed E-state index contributed by atoms with van der Waals surface area (Å²) in [5.74, 6) is 0. The summed E-state index contributed by atoms with van der Waals surface area (Å²) in [7, 11) is -3.10. The third-order valence-corrected chi connectivity index (χ3v) is 6.12. The maximum Gasteiger partial charge on any atom is 0.247 e. The molecule has 0 N–H and O–H groups in total. The van der Waals surface area contributed by atoms with Gasteiger partial charge in [-0.05, 0) is 43.3 Å². The number of hydrogen-bond donors (Lipinski definition) is 0. The third kappa shape index (κ3) is 3.30. The molecular weight excluding hydrogens is 303 g/mol. The van der Waals surface area contributed by atoms with Crippen molar-refractivity contribution in [3.8, 4) is 0 Å². The fourth-order valence-electron chi connectivity index (χ4n) is 2.36. The predicted molar refractivity (Wildman–Crippen MR) is 96.2 cm³/mol. The number of nitrogens with zero attached hydrogens (tertiary/aromatic N) is 2. The van der Waals surface area contributed by atoms with Crippen LogP contribution in [-0.2, 0) is 4.57 Å². The molecule has 3 aromatic rings. The summed E-state index contributed by atoms with van der Waals surface area (Å²) in [4.78, 5) is 4.30. The molecule has 0 saturated carbocycles. The van der Waals surface area contributed by atoms with Crippen molar-refractivity contribution in [3.63, 3.8) is 0 Å². The highest BCUT2D eigenvalue weighted by atomic mass is 31.2. The van der Waals surface area contributed by atoms with Gasteiger partial charge in [-0.3, -0.25) is 9.55 Å². The lowest BCUT2D eigenvalue weighted by molar-refractivity contribution is 0.588. The second-order valence-electron chi connectivity index (χ2n) is 5.15. The topological polar surface area (TPSA) is 42.3 Å². The Hall–Kier alpha value is -2.51. The van der Waals surface area contributed by atoms with E-state index in [1.54, 1.807) is 6.20 Å². The smallest absolute Gasteiger partial charge is 0.247 e. The zero-order valence-electron chi connectivity index (χ0n) is 12.8. The van der Waals surface area contributed by atoms with Crippen molar-refractivity contribution >= 4 is 23.6 Å². The first-order valence-corrected chi connectivity index (χ1v) is 9.05. The van der Waals surface area contributed by atoms with E-state index in [0.717, 1.165) is 16.3 Å². The van der Waals surface area contributed by atoms with Gasteiger partial charge in [0.2, 0.25) is 7.29 Å². The van der Waals surface area contributed by atoms with Gasteiger partial charge < -0.3 is 0 Å². The van der Waals surface area contributed by atoms with Crippen LogP contribution in [0.1, 0.15) is 12.6 Å². The second-order valence-corrected chi connectivity index (χ2v) is 7.53. The average Bonchev–Trinajstić information content (AvgIpc) is 2.64. The first-order valence-electron chi connectivity index (χ1n) is 7.40. The minimum atomic E-state index is -3.10. The highest BCUT2D eigenvalue weighted by molar-refractivity contribution is 7.77. The van der Waals surface area contributed by atoms with Crippen molar-refractivity contribution in [1.82, 2.24) is 4.98 Å². The summed E-state index contributed by atoms with van der Waals surface area (Å²) >= 11 is 0. The van der Waals surface area contributed by atoms with Crippen LogP contribution in [0.4, 0.5) is 0 Å². The molecule has 3 nitrogen and oxygen atoms in total. The lowest BCUT2D eigenvalue weighted by atomic mass is 10.3. The van der Waals surface area contributed by atoms with E-state index < -0.39 is 7.29 Å². The number of hydrogen-bond acceptors (Lipinski definition) is 2. The molecule has 0 bridgehead atoms. The van der Waals surface area contributed by atoms with Crippen LogP contribution in [0.5, 0.6) is 0 Å². The van der Waals surface area contributed by atoms with Crippen LogP contribution >= 0.6 is 7.29 Å². The zero-order valence-corrected chi connectivity index (χ0v) is 13.7. The first-order chi connectivity index (χ1) is 11.2. The van der Waals surface area contributed by atoms with Gasteiger partial charge in [0.1, 0.15) is 0 Å². The van der Waals surface area contributed by atoms with E-state index in [4.69, 9.17) is 0 Å². The van der Waals surface area contributed by atoms with Crippen LogP contribution in [0.15, 0.2) is 89.8 Å². The van der Waals surface area contributed by atoms with Gasteiger partial charge in [0.15, 0.2) is 0 Å². The maximum atomic E-state index is 13.8. The van der Waals surface area contributed by atoms with Crippen LogP contribution in [-0.4, -0.2) is 10.7 Å². The minimum Gasteiger partial charge on any atom is -0.288 e. The lowest BCUT2D eigenvalue weighted by Crippen LogP contribution is -2.15. The van der Waals surface area contributed by atoms with Crippen LogP contribution in [0.3, 0.4) is 0 Å². The summed E-state index contributed by atoms with van der Waals surface area (Å²) in [6.45, 7) is 1.85. The highest BCUT2D eigenvalue weighted by Gasteiger charge is 2.26. The highest BCUT2D eigenvalue weighted by Crippen LogP contribution is 2.45. The number of pyridine rings is 1. The van der Waals surface area contributed by atoms with Crippen molar-refractivity contribution in [2.45, 2.75) is 6.92 Å². The molecule has 1 heterocycles. The summed E-state index contributed by atoms with van der Waals surface area (Å²) in [5.41, 5.74) is 1.40. The molecule has 0 aliphatic carbocycles. The van der Waals surface area contributed by atoms with Crippen LogP contribution in [0.2, 0.25) is 0 Å². The van der Waals surface area contributed by atoms with Crippen LogP contribution < -0.4 is 10.6 Å². The largest absolute Gasteiger partial charge is 0.288 e. The van der Waals surface area contributed by atoms with Crippen molar-refractivity contribution in [2.75, 3.05) is 0 Å². The van der Waals surface area contributed by atoms with Crippen LogP contribution in [0.25, 0.3) is 0 Å². The van der Waals surface area contributed by atoms with Crippen molar-refractivity contribution < 1.29 is 4.57 Å². The molecule has 0 amide bonds. The van der Waals surface area contributed by atoms with E-state index in [9.17, 15) is 4.57 Å². The van der Waals surface area contributed by atoms with Gasteiger partial charge in [0.05, 0.1) is 11.4 Å². The van der Waals surface area contributed by atoms with Gasteiger partial charge in [-0.25, -0.2) is 4.76 Å². The van der Waals surface area contributed by atoms with Gasteiger partial charge >= 0.3 is 0 Å². The molecule has 0 saturated heterocycles. The molecule has 0 aliphatic heterocycles. The van der Waals surface area contributed by atoms with Crippen LogP contribution in [0, 0.1) is 0 Å². The Morgan fingerprint density at radius 3 is 1.83 bits per heavy atom. The summed E-state index contributed by atoms with van der Waals surface area (Å²) in [6, 6.07) is 24.4. The standard InChI is InChI=1S/C19H17N2OP/c1-16(19-14-8-9-15-20-19)21-23(22,17-10-4-2-5-11-17)18-12-6-3-7-13-18/h2-15H,1H3/b21-16-. The molecule has 0 radical (unpaired) electrons. The molecular formula is C19H17N2OP. The van der Waals surface area contributed by atoms with Gasteiger partial charge in [0, 0.05) is 16.8 Å². The number of rotatable bonds is 4. The van der Waals surface area contributed by atoms with Gasteiger partial charge in [-0.2, -0.15) is 0 Å². The van der Waals surface area contributed by atoms with Gasteiger partial charge in [0.25, 0.3) is 0 Å². The third-order valence-electron chi connectivity index (χ3n) is 3.54. The fourth-order valence-corrected chi connectivity index (χ4v) is 4.57. The molecule has 4 heteroatoms. The zero-order chi connectivity index (χ0) is 16.1. The Balaban J connectivity index is 2.16. The van der Waals surface area contributed by atoms with E-state index in [0.29, 0.717) is 5.71 Å². The molecule has 114 valence electrons. The molecule has 0 unspecified atom stereocenters. The molecule has 23 heavy (non-hydrogen) atoms. The molecule has 0 aliphatic rings. The SMILES string of the molecule is C/C(=N/P(=O)(c1ccccc1)c1ccccc1)c1ccccn1. The van der Waals surface area contributed by atoms with E-state index in [-0.39, 0.29) is 0 Å². The van der Waals surface area contributed by atoms with Crippen molar-refractivity contribution in [2.24, 2.45) is 4.76 Å². The monoisotopic (exact) mass is 320 g/mol. The summed E-state index contributed by atoms with van der Waals surface area (Å²) in [6.07, 6.45) is 1.71. The Kier molecular flexibility index (Phi) is 4.50. The molecule has 3 rings (SSSR count). The lowest BCUT2D eigenvalue weighted by Gasteiger charge is -2.15. The van der Waals surface area contributed by atoms with Gasteiger partial charge in [-0.1, -0.05) is 42.5 Å². The molecule has 1 aromatic heterocycles. The van der Waals surface area contributed by atoms with Crippen molar-refractivity contribution in [3.05, 3.63) is 90.8 Å². The predicted octanol–water partition coefficient (Wildman–Crippen LogP) is 3.82. The maximum absolute atomic E-state index is 13.8. The first kappa shape index (κ1) is 15.4. The normalized spacial score (nSPS) is 12.1. The second kappa shape index (κ2) is 6.72. The molecule has 0 fully saturated rings. The Labute approximate surface area is 136 Å². The van der Waals surface area contributed by atoms with E-state index in [1.165, 1.54) is 0 Å². The molecule has 0 spiro atoms. The fraction of sp³-hybridized carbons (Fsp3) is 0.0526. The van der Waals surface area contributed by atoms with Crippen molar-refractivity contribution in [1.29, 1.82) is 0 Å². The molecule has 0 atom stereocenters. The van der Waals surface area contributed by atoms with E-state index in [1.807, 2.05) is 85.8 Å². The number of aromatic nitrogens is 1. The Morgan fingerprint density at radius 2 is 1.35 bits per heavy atom. The summed E-state index contributed by atoms with van der Waals surface area (Å²) < 4.78 is 18.4.